The summed E-state index contributed by atoms with van der Waals surface area (Å²) in [5, 5.41) is 1.57. The highest BCUT2D eigenvalue weighted by Crippen LogP contribution is 2.42. The molecule has 1 fully saturated rings. The maximum Gasteiger partial charge on any atom is 0.226 e. The van der Waals surface area contributed by atoms with E-state index in [-0.39, 0.29) is 17.9 Å². The molecule has 0 saturated carbocycles. The van der Waals surface area contributed by atoms with Gasteiger partial charge in [0.05, 0.1) is 6.04 Å². The van der Waals surface area contributed by atoms with Crippen molar-refractivity contribution in [2.75, 3.05) is 6.54 Å². The van der Waals surface area contributed by atoms with Gasteiger partial charge in [-0.3, -0.25) is 4.79 Å². The summed E-state index contributed by atoms with van der Waals surface area (Å²) in [4.78, 5) is 15.1. The van der Waals surface area contributed by atoms with Gasteiger partial charge in [0.1, 0.15) is 0 Å². The molecule has 0 N–H and O–H groups in total. The molecule has 1 aromatic rings. The van der Waals surface area contributed by atoms with Crippen LogP contribution in [0.3, 0.4) is 0 Å². The predicted octanol–water partition coefficient (Wildman–Crippen LogP) is 5.32. The van der Waals surface area contributed by atoms with Gasteiger partial charge in [0, 0.05) is 22.5 Å². The lowest BCUT2D eigenvalue weighted by molar-refractivity contribution is -0.133. The number of benzene rings is 1. The first-order chi connectivity index (χ1) is 11.6. The fourth-order valence-electron chi connectivity index (χ4n) is 4.30. The number of carbonyl (C=O) groups is 1. The summed E-state index contributed by atoms with van der Waals surface area (Å²) in [5.74, 6) is 0.283. The molecule has 1 aromatic carbocycles. The Morgan fingerprint density at radius 3 is 2.79 bits per heavy atom. The van der Waals surface area contributed by atoms with Crippen LogP contribution in [0.5, 0.6) is 0 Å². The second kappa shape index (κ2) is 6.57. The monoisotopic (exact) mass is 361 g/mol. The highest BCUT2D eigenvalue weighted by molar-refractivity contribution is 6.36. The number of rotatable bonds is 3. The Labute approximate surface area is 153 Å². The van der Waals surface area contributed by atoms with E-state index in [0.717, 1.165) is 54.3 Å². The van der Waals surface area contributed by atoms with Crippen molar-refractivity contribution in [3.05, 3.63) is 57.1 Å². The number of carbonyl (C=O) groups excluding carboxylic acids is 1. The first-order valence-electron chi connectivity index (χ1n) is 8.77. The van der Waals surface area contributed by atoms with Crippen molar-refractivity contribution in [2.24, 2.45) is 5.92 Å². The average Bonchev–Trinajstić information content (AvgIpc) is 3.15. The molecular weight excluding hydrogens is 341 g/mol. The first kappa shape index (κ1) is 16.2. The Morgan fingerprint density at radius 1 is 1.12 bits per heavy atom. The van der Waals surface area contributed by atoms with E-state index in [1.54, 1.807) is 0 Å². The summed E-state index contributed by atoms with van der Waals surface area (Å²) in [6.07, 6.45) is 7.45. The van der Waals surface area contributed by atoms with Gasteiger partial charge in [0.25, 0.3) is 0 Å². The van der Waals surface area contributed by atoms with Crippen molar-refractivity contribution in [3.8, 4) is 0 Å². The van der Waals surface area contributed by atoms with Crippen molar-refractivity contribution in [3.63, 3.8) is 0 Å². The normalized spacial score (nSPS) is 26.8. The van der Waals surface area contributed by atoms with Crippen LogP contribution < -0.4 is 0 Å². The van der Waals surface area contributed by atoms with Crippen LogP contribution in [-0.4, -0.2) is 17.4 Å². The lowest BCUT2D eigenvalue weighted by atomic mass is 9.94. The van der Waals surface area contributed by atoms with Crippen molar-refractivity contribution in [2.45, 2.75) is 44.6 Å². The van der Waals surface area contributed by atoms with Crippen molar-refractivity contribution in [1.82, 2.24) is 4.90 Å². The van der Waals surface area contributed by atoms with E-state index < -0.39 is 0 Å². The van der Waals surface area contributed by atoms with E-state index in [4.69, 9.17) is 23.2 Å². The molecule has 2 atom stereocenters. The smallest absolute Gasteiger partial charge is 0.226 e. The molecule has 4 rings (SSSR count). The predicted molar refractivity (Wildman–Crippen MR) is 98.0 cm³/mol. The van der Waals surface area contributed by atoms with Crippen LogP contribution in [0.1, 0.15) is 49.3 Å². The van der Waals surface area contributed by atoms with Crippen molar-refractivity contribution >= 4 is 29.1 Å². The number of likely N-dealkylation sites (tertiary alicyclic amines) is 1. The third-order valence-electron chi connectivity index (χ3n) is 5.58. The Hall–Kier alpha value is -1.25. The van der Waals surface area contributed by atoms with E-state index in [1.807, 2.05) is 6.08 Å². The number of allylic oxidation sites excluding steroid dienone is 4. The third kappa shape index (κ3) is 2.80. The number of hydrogen-bond donors (Lipinski definition) is 0. The quantitative estimate of drug-likeness (QED) is 0.712. The van der Waals surface area contributed by atoms with Crippen LogP contribution in [0.25, 0.3) is 0 Å². The molecule has 0 spiro atoms. The summed E-state index contributed by atoms with van der Waals surface area (Å²) in [6.45, 7) is 0.842. The molecule has 4 heteroatoms. The van der Waals surface area contributed by atoms with Gasteiger partial charge in [-0.2, -0.15) is 0 Å². The maximum absolute atomic E-state index is 13.0. The summed E-state index contributed by atoms with van der Waals surface area (Å²) in [6, 6.07) is 8.77. The van der Waals surface area contributed by atoms with Gasteiger partial charge in [-0.1, -0.05) is 53.5 Å². The minimum atomic E-state index is 0.0155. The number of hydrogen-bond acceptors (Lipinski definition) is 1. The molecule has 0 bridgehead atoms. The summed E-state index contributed by atoms with van der Waals surface area (Å²) < 4.78 is 0. The molecule has 1 amide bonds. The van der Waals surface area contributed by atoms with E-state index in [0.29, 0.717) is 6.42 Å². The van der Waals surface area contributed by atoms with Crippen LogP contribution in [0.15, 0.2) is 46.0 Å². The van der Waals surface area contributed by atoms with Gasteiger partial charge < -0.3 is 4.90 Å². The zero-order valence-corrected chi connectivity index (χ0v) is 15.1. The molecule has 1 aliphatic heterocycles. The summed E-state index contributed by atoms with van der Waals surface area (Å²) in [5.41, 5.74) is 3.71. The molecule has 24 heavy (non-hydrogen) atoms. The summed E-state index contributed by atoms with van der Waals surface area (Å²) in [7, 11) is 0. The second-order valence-electron chi connectivity index (χ2n) is 6.95. The van der Waals surface area contributed by atoms with Gasteiger partial charge in [0.2, 0.25) is 5.91 Å². The van der Waals surface area contributed by atoms with Crippen molar-refractivity contribution in [1.29, 1.82) is 0 Å². The largest absolute Gasteiger partial charge is 0.335 e. The molecule has 2 unspecified atom stereocenters. The molecule has 1 heterocycles. The molecule has 2 aliphatic carbocycles. The minimum Gasteiger partial charge on any atom is -0.335 e. The fraction of sp³-hybridized carbons (Fsp3) is 0.450. The van der Waals surface area contributed by atoms with Gasteiger partial charge in [0.15, 0.2) is 0 Å². The topological polar surface area (TPSA) is 20.3 Å². The Balaban J connectivity index is 1.51. The average molecular weight is 362 g/mol. The van der Waals surface area contributed by atoms with E-state index >= 15 is 0 Å². The van der Waals surface area contributed by atoms with Crippen LogP contribution in [0.4, 0.5) is 0 Å². The lowest BCUT2D eigenvalue weighted by Gasteiger charge is -2.26. The van der Waals surface area contributed by atoms with Crippen LogP contribution in [0, 0.1) is 5.92 Å². The lowest BCUT2D eigenvalue weighted by Crippen LogP contribution is -2.30. The van der Waals surface area contributed by atoms with Gasteiger partial charge in [-0.15, -0.1) is 0 Å². The highest BCUT2D eigenvalue weighted by atomic mass is 35.5. The summed E-state index contributed by atoms with van der Waals surface area (Å²) >= 11 is 12.7. The maximum atomic E-state index is 13.0. The van der Waals surface area contributed by atoms with E-state index in [1.165, 1.54) is 11.1 Å². The molecule has 2 nitrogen and oxygen atoms in total. The van der Waals surface area contributed by atoms with Crippen LogP contribution in [0.2, 0.25) is 0 Å². The molecule has 1 saturated heterocycles. The standard InChI is InChI=1S/C20H21Cl2NO/c21-17-6-3-7-18(22)16(17)12-14-10-11-23(20(14)24)19-9-8-13-4-1-2-5-15(13)19/h1-2,4-6,14,19H,3,7-12H2. The number of nitrogens with zero attached hydrogens (tertiary/aromatic N) is 1. The number of halogens is 2. The Bertz CT molecular complexity index is 737. The minimum absolute atomic E-state index is 0.0155. The third-order valence-corrected chi connectivity index (χ3v) is 6.38. The Morgan fingerprint density at radius 2 is 1.96 bits per heavy atom. The Kier molecular flexibility index (Phi) is 4.44. The number of fused-ring (bicyclic) bond motifs is 1. The number of aryl methyl sites for hydroxylation is 1. The van der Waals surface area contributed by atoms with Crippen molar-refractivity contribution < 1.29 is 4.79 Å². The molecule has 3 aliphatic rings. The second-order valence-corrected chi connectivity index (χ2v) is 7.81. The van der Waals surface area contributed by atoms with Gasteiger partial charge in [-0.05, 0) is 55.2 Å². The van der Waals surface area contributed by atoms with Crippen LogP contribution >= 0.6 is 23.2 Å². The van der Waals surface area contributed by atoms with E-state index in [9.17, 15) is 4.79 Å². The SMILES string of the molecule is O=C1C(CC2=C(Cl)CCC=C2Cl)CCN1C1CCc2ccccc21. The van der Waals surface area contributed by atoms with Gasteiger partial charge in [-0.25, -0.2) is 0 Å². The van der Waals surface area contributed by atoms with Crippen LogP contribution in [-0.2, 0) is 11.2 Å². The number of amides is 1. The first-order valence-corrected chi connectivity index (χ1v) is 9.52. The molecule has 126 valence electrons. The fourth-order valence-corrected chi connectivity index (χ4v) is 4.94. The molecular formula is C20H21Cl2NO. The molecule has 0 radical (unpaired) electrons. The molecule has 0 aromatic heterocycles. The van der Waals surface area contributed by atoms with E-state index in [2.05, 4.69) is 29.2 Å². The zero-order chi connectivity index (χ0) is 16.7. The van der Waals surface area contributed by atoms with Gasteiger partial charge >= 0.3 is 0 Å². The highest BCUT2D eigenvalue weighted by Gasteiger charge is 2.39. The zero-order valence-electron chi connectivity index (χ0n) is 13.6.